The molecule has 0 aromatic carbocycles. The van der Waals surface area contributed by atoms with E-state index < -0.39 is 0 Å². The van der Waals surface area contributed by atoms with Crippen LogP contribution < -0.4 is 0 Å². The maximum atomic E-state index is 10.9. The first-order valence-electron chi connectivity index (χ1n) is 2.94. The molecule has 0 aromatic rings. The van der Waals surface area contributed by atoms with Crippen LogP contribution in [0.15, 0.2) is 35.5 Å². The Balaban J connectivity index is 2.58. The minimum Gasteiger partial charge on any atom is -0.289 e. The van der Waals surface area contributed by atoms with Crippen LogP contribution >= 0.6 is 0 Å². The smallest absolute Gasteiger partial charge is 0.193 e. The molecular weight excluding hydrogens is 112 g/mol. The van der Waals surface area contributed by atoms with Crippen molar-refractivity contribution in [2.24, 2.45) is 0 Å². The standard InChI is InChI=1S/C8H6O/c1-5-2-3-6-4-7(5)8(6)9/h3-4H,1-2H2. The van der Waals surface area contributed by atoms with E-state index in [1.165, 1.54) is 0 Å². The maximum Gasteiger partial charge on any atom is 0.193 e. The van der Waals surface area contributed by atoms with Gasteiger partial charge in [0.25, 0.3) is 0 Å². The van der Waals surface area contributed by atoms with Gasteiger partial charge in [-0.2, -0.15) is 0 Å². The molecule has 0 heterocycles. The van der Waals surface area contributed by atoms with Crippen molar-refractivity contribution in [2.75, 3.05) is 0 Å². The predicted molar refractivity (Wildman–Crippen MR) is 34.9 cm³/mol. The highest BCUT2D eigenvalue weighted by Crippen LogP contribution is 2.33. The van der Waals surface area contributed by atoms with Gasteiger partial charge >= 0.3 is 0 Å². The van der Waals surface area contributed by atoms with Gasteiger partial charge in [0.2, 0.25) is 0 Å². The highest BCUT2D eigenvalue weighted by molar-refractivity contribution is 6.21. The minimum absolute atomic E-state index is 0.186. The second kappa shape index (κ2) is 1.24. The molecule has 0 amide bonds. The van der Waals surface area contributed by atoms with Crippen LogP contribution in [0.5, 0.6) is 0 Å². The molecule has 9 heavy (non-hydrogen) atoms. The molecule has 0 radical (unpaired) electrons. The summed E-state index contributed by atoms with van der Waals surface area (Å²) in [6.07, 6.45) is 4.69. The maximum absolute atomic E-state index is 10.9. The van der Waals surface area contributed by atoms with Gasteiger partial charge in [0, 0.05) is 11.1 Å². The first-order chi connectivity index (χ1) is 4.29. The number of fused-ring (bicyclic) bond motifs is 2. The summed E-state index contributed by atoms with van der Waals surface area (Å²) in [5.41, 5.74) is 2.68. The fourth-order valence-corrected chi connectivity index (χ4v) is 1.12. The molecular formula is C8H6O. The highest BCUT2D eigenvalue weighted by Gasteiger charge is 2.28. The Kier molecular flexibility index (Phi) is 0.652. The zero-order valence-corrected chi connectivity index (χ0v) is 4.98. The molecule has 0 saturated heterocycles. The first-order valence-corrected chi connectivity index (χ1v) is 2.94. The fourth-order valence-electron chi connectivity index (χ4n) is 1.12. The number of Topliss-reactive ketones (excluding diaryl/α,β-unsaturated/α-hetero) is 1. The Morgan fingerprint density at radius 2 is 2.33 bits per heavy atom. The Morgan fingerprint density at radius 3 is 2.67 bits per heavy atom. The van der Waals surface area contributed by atoms with Crippen LogP contribution in [-0.2, 0) is 4.79 Å². The van der Waals surface area contributed by atoms with Gasteiger partial charge in [-0.3, -0.25) is 4.79 Å². The zero-order chi connectivity index (χ0) is 6.43. The zero-order valence-electron chi connectivity index (χ0n) is 4.98. The van der Waals surface area contributed by atoms with Gasteiger partial charge in [0.15, 0.2) is 5.78 Å². The number of allylic oxidation sites excluding steroid dienone is 5. The molecule has 3 rings (SSSR count). The summed E-state index contributed by atoms with van der Waals surface area (Å²) in [5, 5.41) is 0. The monoisotopic (exact) mass is 118 g/mol. The van der Waals surface area contributed by atoms with Gasteiger partial charge in [-0.25, -0.2) is 0 Å². The van der Waals surface area contributed by atoms with E-state index in [0.29, 0.717) is 0 Å². The SMILES string of the molecule is C=C1CC=C2C=C1C2=O. The molecule has 1 heteroatoms. The summed E-state index contributed by atoms with van der Waals surface area (Å²) >= 11 is 0. The van der Waals surface area contributed by atoms with Crippen LogP contribution in [-0.4, -0.2) is 5.78 Å². The third kappa shape index (κ3) is 0.416. The van der Waals surface area contributed by atoms with Crippen molar-refractivity contribution in [2.45, 2.75) is 6.42 Å². The predicted octanol–water partition coefficient (Wildman–Crippen LogP) is 1.38. The number of carbonyl (C=O) groups is 1. The third-order valence-electron chi connectivity index (χ3n) is 1.76. The van der Waals surface area contributed by atoms with E-state index in [1.54, 1.807) is 0 Å². The lowest BCUT2D eigenvalue weighted by molar-refractivity contribution is -0.112. The van der Waals surface area contributed by atoms with Gasteiger partial charge in [-0.1, -0.05) is 12.7 Å². The summed E-state index contributed by atoms with van der Waals surface area (Å²) in [7, 11) is 0. The van der Waals surface area contributed by atoms with E-state index in [-0.39, 0.29) is 5.78 Å². The van der Waals surface area contributed by atoms with E-state index in [9.17, 15) is 4.79 Å². The molecule has 3 aliphatic rings. The summed E-state index contributed by atoms with van der Waals surface area (Å²) in [5.74, 6) is 0.186. The number of ketones is 1. The van der Waals surface area contributed by atoms with Crippen LogP contribution in [0.3, 0.4) is 0 Å². The van der Waals surface area contributed by atoms with E-state index in [4.69, 9.17) is 0 Å². The van der Waals surface area contributed by atoms with Crippen molar-refractivity contribution in [1.29, 1.82) is 0 Å². The van der Waals surface area contributed by atoms with Crippen LogP contribution in [0.1, 0.15) is 6.42 Å². The lowest BCUT2D eigenvalue weighted by atomic mass is 9.79. The molecule has 0 saturated carbocycles. The van der Waals surface area contributed by atoms with Crippen LogP contribution in [0.25, 0.3) is 0 Å². The van der Waals surface area contributed by atoms with E-state index >= 15 is 0 Å². The van der Waals surface area contributed by atoms with E-state index in [2.05, 4.69) is 6.58 Å². The summed E-state index contributed by atoms with van der Waals surface area (Å²) in [6, 6.07) is 0. The molecule has 1 nitrogen and oxygen atoms in total. The number of hydrogen-bond acceptors (Lipinski definition) is 1. The highest BCUT2D eigenvalue weighted by atomic mass is 16.1. The Bertz CT molecular complexity index is 266. The second-order valence-electron chi connectivity index (χ2n) is 2.35. The first kappa shape index (κ1) is 4.74. The summed E-state index contributed by atoms with van der Waals surface area (Å²) in [4.78, 5) is 10.9. The van der Waals surface area contributed by atoms with Crippen LogP contribution in [0, 0.1) is 0 Å². The number of rotatable bonds is 0. The average Bonchev–Trinajstić information content (AvgIpc) is 1.86. The number of hydrogen-bond donors (Lipinski definition) is 0. The average molecular weight is 118 g/mol. The molecule has 2 bridgehead atoms. The van der Waals surface area contributed by atoms with Crippen molar-refractivity contribution in [3.8, 4) is 0 Å². The van der Waals surface area contributed by atoms with Crippen LogP contribution in [0.4, 0.5) is 0 Å². The lowest BCUT2D eigenvalue weighted by Gasteiger charge is -2.23. The second-order valence-corrected chi connectivity index (χ2v) is 2.35. The molecule has 3 aliphatic carbocycles. The van der Waals surface area contributed by atoms with Gasteiger partial charge in [-0.05, 0) is 18.1 Å². The van der Waals surface area contributed by atoms with Crippen molar-refractivity contribution >= 4 is 5.78 Å². The quantitative estimate of drug-likeness (QED) is 0.469. The molecule has 0 aromatic heterocycles. The van der Waals surface area contributed by atoms with Crippen molar-refractivity contribution in [3.63, 3.8) is 0 Å². The van der Waals surface area contributed by atoms with Crippen LogP contribution in [0.2, 0.25) is 0 Å². The van der Waals surface area contributed by atoms with E-state index in [1.807, 2.05) is 12.2 Å². The van der Waals surface area contributed by atoms with Crippen molar-refractivity contribution in [1.82, 2.24) is 0 Å². The fraction of sp³-hybridized carbons (Fsp3) is 0.125. The molecule has 0 spiro atoms. The molecule has 0 unspecified atom stereocenters. The topological polar surface area (TPSA) is 17.1 Å². The van der Waals surface area contributed by atoms with Crippen molar-refractivity contribution < 1.29 is 4.79 Å². The normalized spacial score (nSPS) is 22.7. The van der Waals surface area contributed by atoms with Gasteiger partial charge < -0.3 is 0 Å². The van der Waals surface area contributed by atoms with E-state index in [0.717, 1.165) is 23.1 Å². The molecule has 0 N–H and O–H groups in total. The third-order valence-corrected chi connectivity index (χ3v) is 1.76. The molecule has 0 fully saturated rings. The van der Waals surface area contributed by atoms with Crippen molar-refractivity contribution in [3.05, 3.63) is 35.5 Å². The summed E-state index contributed by atoms with van der Waals surface area (Å²) < 4.78 is 0. The van der Waals surface area contributed by atoms with Gasteiger partial charge in [0.05, 0.1) is 0 Å². The molecule has 44 valence electrons. The Hall–Kier alpha value is -1.11. The minimum atomic E-state index is 0.186. The molecule has 0 aliphatic heterocycles. The van der Waals surface area contributed by atoms with Gasteiger partial charge in [0.1, 0.15) is 0 Å². The lowest BCUT2D eigenvalue weighted by Crippen LogP contribution is -2.20. The molecule has 0 atom stereocenters. The Morgan fingerprint density at radius 1 is 1.56 bits per heavy atom. The summed E-state index contributed by atoms with van der Waals surface area (Å²) in [6.45, 7) is 3.75. The largest absolute Gasteiger partial charge is 0.289 e. The number of carbonyl (C=O) groups excluding carboxylic acids is 1. The Labute approximate surface area is 53.4 Å². The van der Waals surface area contributed by atoms with Gasteiger partial charge in [-0.15, -0.1) is 0 Å².